The van der Waals surface area contributed by atoms with Crippen LogP contribution in [0.3, 0.4) is 0 Å². The Balaban J connectivity index is 1.94. The maximum absolute atomic E-state index is 11.8. The maximum atomic E-state index is 11.8. The molecule has 0 atom stereocenters. The summed E-state index contributed by atoms with van der Waals surface area (Å²) in [5, 5.41) is 3.98. The van der Waals surface area contributed by atoms with Gasteiger partial charge in [0.25, 0.3) is 5.91 Å². The van der Waals surface area contributed by atoms with Crippen molar-refractivity contribution < 1.29 is 9.21 Å². The molecule has 0 saturated carbocycles. The summed E-state index contributed by atoms with van der Waals surface area (Å²) in [6, 6.07) is 7.13. The lowest BCUT2D eigenvalue weighted by atomic mass is 10.2. The zero-order valence-electron chi connectivity index (χ0n) is 11.3. The first kappa shape index (κ1) is 13.7. The Morgan fingerprint density at radius 1 is 1.40 bits per heavy atom. The Morgan fingerprint density at radius 3 is 2.90 bits per heavy atom. The fourth-order valence-corrected chi connectivity index (χ4v) is 1.43. The highest BCUT2D eigenvalue weighted by molar-refractivity contribution is 5.98. The van der Waals surface area contributed by atoms with Crippen LogP contribution in [0.25, 0.3) is 6.08 Å². The van der Waals surface area contributed by atoms with E-state index in [2.05, 4.69) is 15.5 Å². The summed E-state index contributed by atoms with van der Waals surface area (Å²) < 4.78 is 5.15. The van der Waals surface area contributed by atoms with E-state index in [4.69, 9.17) is 4.42 Å². The number of carbonyl (C=O) groups is 1. The monoisotopic (exact) mass is 269 g/mol. The van der Waals surface area contributed by atoms with Crippen molar-refractivity contribution in [2.45, 2.75) is 13.8 Å². The predicted octanol–water partition coefficient (Wildman–Crippen LogP) is 2.80. The third kappa shape index (κ3) is 3.91. The van der Waals surface area contributed by atoms with Gasteiger partial charge in [-0.1, -0.05) is 0 Å². The average molecular weight is 269 g/mol. The predicted molar refractivity (Wildman–Crippen MR) is 77.3 cm³/mol. The molecule has 0 bridgehead atoms. The minimum Gasteiger partial charge on any atom is -0.465 e. The zero-order valence-corrected chi connectivity index (χ0v) is 11.3. The van der Waals surface area contributed by atoms with Crippen molar-refractivity contribution in [3.8, 4) is 0 Å². The summed E-state index contributed by atoms with van der Waals surface area (Å²) in [6.07, 6.45) is 6.65. The van der Waals surface area contributed by atoms with Gasteiger partial charge in [-0.3, -0.25) is 9.78 Å². The Hall–Kier alpha value is -2.69. The number of hydrogen-bond acceptors (Lipinski definition) is 4. The van der Waals surface area contributed by atoms with Crippen LogP contribution in [0.4, 0.5) is 0 Å². The number of furan rings is 1. The number of amides is 1. The second-order valence-electron chi connectivity index (χ2n) is 4.23. The summed E-state index contributed by atoms with van der Waals surface area (Å²) in [6.45, 7) is 3.65. The molecule has 1 N–H and O–H groups in total. The molecule has 0 aliphatic heterocycles. The van der Waals surface area contributed by atoms with Crippen LogP contribution in [0.5, 0.6) is 0 Å². The van der Waals surface area contributed by atoms with Crippen LogP contribution in [0.15, 0.2) is 52.3 Å². The van der Waals surface area contributed by atoms with Crippen molar-refractivity contribution in [3.05, 3.63) is 59.8 Å². The van der Waals surface area contributed by atoms with Crippen molar-refractivity contribution in [1.29, 1.82) is 0 Å². The van der Waals surface area contributed by atoms with Gasteiger partial charge in [0.1, 0.15) is 5.76 Å². The summed E-state index contributed by atoms with van der Waals surface area (Å²) >= 11 is 0. The van der Waals surface area contributed by atoms with Crippen LogP contribution in [-0.4, -0.2) is 16.6 Å². The molecule has 0 spiro atoms. The van der Waals surface area contributed by atoms with Crippen LogP contribution in [0.1, 0.15) is 28.7 Å². The molecule has 2 rings (SSSR count). The molecular weight excluding hydrogens is 254 g/mol. The van der Waals surface area contributed by atoms with Crippen molar-refractivity contribution in [2.24, 2.45) is 5.10 Å². The number of nitrogens with zero attached hydrogens (tertiary/aromatic N) is 2. The highest BCUT2D eigenvalue weighted by Gasteiger charge is 2.03. The van der Waals surface area contributed by atoms with Crippen molar-refractivity contribution in [3.63, 3.8) is 0 Å². The molecule has 0 radical (unpaired) electrons. The van der Waals surface area contributed by atoms with Gasteiger partial charge in [0.2, 0.25) is 0 Å². The largest absolute Gasteiger partial charge is 0.465 e. The molecular formula is C15H15N3O2. The van der Waals surface area contributed by atoms with Crippen molar-refractivity contribution in [1.82, 2.24) is 10.4 Å². The molecule has 0 aromatic carbocycles. The molecule has 20 heavy (non-hydrogen) atoms. The van der Waals surface area contributed by atoms with Gasteiger partial charge >= 0.3 is 0 Å². The van der Waals surface area contributed by atoms with Gasteiger partial charge in [0.15, 0.2) is 0 Å². The van der Waals surface area contributed by atoms with E-state index in [0.29, 0.717) is 11.3 Å². The number of aryl methyl sites for hydroxylation is 1. The van der Waals surface area contributed by atoms with E-state index in [0.717, 1.165) is 11.5 Å². The standard InChI is InChI=1S/C15H15N3O2/c1-11-5-7-13(10-16-11)15(19)18-17-12(2)6-8-14-4-3-9-20-14/h3-10H,1-2H3,(H,18,19)/b8-6+,17-12?. The average Bonchev–Trinajstić information content (AvgIpc) is 2.96. The highest BCUT2D eigenvalue weighted by Crippen LogP contribution is 2.02. The van der Waals surface area contributed by atoms with E-state index in [1.807, 2.05) is 13.0 Å². The van der Waals surface area contributed by atoms with E-state index in [1.165, 1.54) is 6.20 Å². The van der Waals surface area contributed by atoms with E-state index >= 15 is 0 Å². The number of carbonyl (C=O) groups excluding carboxylic acids is 1. The molecule has 5 nitrogen and oxygen atoms in total. The maximum Gasteiger partial charge on any atom is 0.272 e. The summed E-state index contributed by atoms with van der Waals surface area (Å²) in [4.78, 5) is 15.9. The van der Waals surface area contributed by atoms with Crippen LogP contribution in [0, 0.1) is 6.92 Å². The van der Waals surface area contributed by atoms with Gasteiger partial charge in [-0.15, -0.1) is 0 Å². The molecule has 0 fully saturated rings. The Labute approximate surface area is 117 Å². The van der Waals surface area contributed by atoms with Crippen LogP contribution >= 0.6 is 0 Å². The lowest BCUT2D eigenvalue weighted by molar-refractivity contribution is 0.0954. The number of aromatic nitrogens is 1. The number of allylic oxidation sites excluding steroid dienone is 1. The lowest BCUT2D eigenvalue weighted by Crippen LogP contribution is -2.18. The van der Waals surface area contributed by atoms with E-state index in [1.54, 1.807) is 43.5 Å². The first-order chi connectivity index (χ1) is 9.65. The van der Waals surface area contributed by atoms with Gasteiger partial charge in [-0.2, -0.15) is 5.10 Å². The zero-order chi connectivity index (χ0) is 14.4. The molecule has 2 aromatic rings. The van der Waals surface area contributed by atoms with Gasteiger partial charge < -0.3 is 4.42 Å². The molecule has 102 valence electrons. The highest BCUT2D eigenvalue weighted by atomic mass is 16.3. The second kappa shape index (κ2) is 6.47. The SMILES string of the molecule is CC(/C=C/c1ccco1)=NNC(=O)c1ccc(C)nc1. The third-order valence-corrected chi connectivity index (χ3v) is 2.54. The number of hydrazone groups is 1. The molecule has 0 saturated heterocycles. The van der Waals surface area contributed by atoms with E-state index < -0.39 is 0 Å². The Morgan fingerprint density at radius 2 is 2.25 bits per heavy atom. The van der Waals surface area contributed by atoms with Crippen LogP contribution in [0.2, 0.25) is 0 Å². The number of nitrogens with one attached hydrogen (secondary N) is 1. The first-order valence-electron chi connectivity index (χ1n) is 6.14. The van der Waals surface area contributed by atoms with Gasteiger partial charge in [0, 0.05) is 11.9 Å². The molecule has 5 heteroatoms. The molecule has 1 amide bonds. The first-order valence-corrected chi connectivity index (χ1v) is 6.14. The minimum atomic E-state index is -0.289. The van der Waals surface area contributed by atoms with E-state index in [-0.39, 0.29) is 5.91 Å². The molecule has 2 aromatic heterocycles. The van der Waals surface area contributed by atoms with Crippen molar-refractivity contribution in [2.75, 3.05) is 0 Å². The van der Waals surface area contributed by atoms with Crippen LogP contribution in [-0.2, 0) is 0 Å². The Kier molecular flexibility index (Phi) is 4.44. The minimum absolute atomic E-state index is 0.289. The fourth-order valence-electron chi connectivity index (χ4n) is 1.43. The van der Waals surface area contributed by atoms with Gasteiger partial charge in [-0.25, -0.2) is 5.43 Å². The van der Waals surface area contributed by atoms with Gasteiger partial charge in [0.05, 0.1) is 17.5 Å². The number of hydrogen-bond donors (Lipinski definition) is 1. The van der Waals surface area contributed by atoms with E-state index in [9.17, 15) is 4.79 Å². The summed E-state index contributed by atoms with van der Waals surface area (Å²) in [5.74, 6) is 0.442. The fraction of sp³-hybridized carbons (Fsp3) is 0.133. The molecule has 0 unspecified atom stereocenters. The van der Waals surface area contributed by atoms with Gasteiger partial charge in [-0.05, 0) is 50.3 Å². The summed E-state index contributed by atoms with van der Waals surface area (Å²) in [5.41, 5.74) is 4.48. The molecule has 2 heterocycles. The van der Waals surface area contributed by atoms with Crippen molar-refractivity contribution >= 4 is 17.7 Å². The molecule has 0 aliphatic carbocycles. The smallest absolute Gasteiger partial charge is 0.272 e. The third-order valence-electron chi connectivity index (χ3n) is 2.54. The van der Waals surface area contributed by atoms with Crippen LogP contribution < -0.4 is 5.43 Å². The molecule has 0 aliphatic rings. The number of pyridine rings is 1. The quantitative estimate of drug-likeness (QED) is 0.685. The normalized spacial score (nSPS) is 11.8. The second-order valence-corrected chi connectivity index (χ2v) is 4.23. The topological polar surface area (TPSA) is 67.5 Å². The lowest BCUT2D eigenvalue weighted by Gasteiger charge is -2.00. The summed E-state index contributed by atoms with van der Waals surface area (Å²) in [7, 11) is 0. The Bertz CT molecular complexity index is 626. The number of rotatable bonds is 4.